The summed E-state index contributed by atoms with van der Waals surface area (Å²) in [5.74, 6) is 1.45. The van der Waals surface area contributed by atoms with E-state index in [-0.39, 0.29) is 0 Å². The second-order valence-corrected chi connectivity index (χ2v) is 4.64. The molecule has 1 aliphatic rings. The minimum absolute atomic E-state index is 0.547. The summed E-state index contributed by atoms with van der Waals surface area (Å²) < 4.78 is 16.4. The van der Waals surface area contributed by atoms with Gasteiger partial charge in [-0.15, -0.1) is 0 Å². The van der Waals surface area contributed by atoms with Gasteiger partial charge in [-0.25, -0.2) is 0 Å². The third-order valence-corrected chi connectivity index (χ3v) is 3.26. The lowest BCUT2D eigenvalue weighted by Gasteiger charge is -2.22. The lowest BCUT2D eigenvalue weighted by molar-refractivity contribution is 0.0154. The monoisotopic (exact) mass is 251 g/mol. The van der Waals surface area contributed by atoms with E-state index in [2.05, 4.69) is 0 Å². The topological polar surface area (TPSA) is 53.7 Å². The molecule has 1 aromatic rings. The predicted molar refractivity (Wildman–Crippen MR) is 70.6 cm³/mol. The van der Waals surface area contributed by atoms with Crippen LogP contribution >= 0.6 is 0 Å². The maximum Gasteiger partial charge on any atom is 0.124 e. The number of nitrogen functional groups attached to an aromatic ring is 1. The molecular weight excluding hydrogens is 230 g/mol. The van der Waals surface area contributed by atoms with Gasteiger partial charge in [0.25, 0.3) is 0 Å². The van der Waals surface area contributed by atoms with E-state index >= 15 is 0 Å². The third kappa shape index (κ3) is 3.62. The molecular formula is C14H21NO3. The van der Waals surface area contributed by atoms with Gasteiger partial charge >= 0.3 is 0 Å². The van der Waals surface area contributed by atoms with Gasteiger partial charge in [-0.3, -0.25) is 0 Å². The van der Waals surface area contributed by atoms with Gasteiger partial charge in [0.1, 0.15) is 5.75 Å². The molecule has 0 saturated carbocycles. The van der Waals surface area contributed by atoms with E-state index in [4.69, 9.17) is 19.9 Å². The summed E-state index contributed by atoms with van der Waals surface area (Å²) in [6.07, 6.45) is 2.18. The summed E-state index contributed by atoms with van der Waals surface area (Å²) in [4.78, 5) is 0. The van der Waals surface area contributed by atoms with Crippen molar-refractivity contribution in [3.63, 3.8) is 0 Å². The van der Waals surface area contributed by atoms with Crippen molar-refractivity contribution < 1.29 is 14.2 Å². The van der Waals surface area contributed by atoms with Crippen molar-refractivity contribution in [2.45, 2.75) is 19.4 Å². The number of rotatable bonds is 5. The number of anilines is 1. The van der Waals surface area contributed by atoms with Gasteiger partial charge < -0.3 is 19.9 Å². The van der Waals surface area contributed by atoms with Crippen LogP contribution in [0.1, 0.15) is 18.4 Å². The molecule has 1 aromatic carbocycles. The molecule has 0 amide bonds. The van der Waals surface area contributed by atoms with Gasteiger partial charge in [0.15, 0.2) is 0 Å². The number of benzene rings is 1. The maximum absolute atomic E-state index is 5.77. The molecule has 0 atom stereocenters. The third-order valence-electron chi connectivity index (χ3n) is 3.26. The highest BCUT2D eigenvalue weighted by atomic mass is 16.5. The minimum atomic E-state index is 0.547. The number of hydrogen-bond acceptors (Lipinski definition) is 4. The summed E-state index contributed by atoms with van der Waals surface area (Å²) in [6, 6.07) is 5.62. The second kappa shape index (κ2) is 6.61. The van der Waals surface area contributed by atoms with Crippen LogP contribution in [-0.2, 0) is 16.1 Å². The number of nitrogens with two attached hydrogens (primary N) is 1. The first kappa shape index (κ1) is 13.2. The lowest BCUT2D eigenvalue weighted by Crippen LogP contribution is -2.20. The van der Waals surface area contributed by atoms with E-state index in [9.17, 15) is 0 Å². The van der Waals surface area contributed by atoms with Crippen LogP contribution in [-0.4, -0.2) is 26.9 Å². The summed E-state index contributed by atoms with van der Waals surface area (Å²) >= 11 is 0. The van der Waals surface area contributed by atoms with Crippen LogP contribution in [0.3, 0.4) is 0 Å². The normalized spacial score (nSPS) is 16.7. The maximum atomic E-state index is 5.77. The summed E-state index contributed by atoms with van der Waals surface area (Å²) in [7, 11) is 1.66. The number of ether oxygens (including phenoxy) is 3. The van der Waals surface area contributed by atoms with Crippen molar-refractivity contribution in [1.29, 1.82) is 0 Å². The average molecular weight is 251 g/mol. The van der Waals surface area contributed by atoms with Gasteiger partial charge in [-0.05, 0) is 37.0 Å². The molecule has 18 heavy (non-hydrogen) atoms. The van der Waals surface area contributed by atoms with E-state index in [0.717, 1.165) is 49.7 Å². The SMILES string of the molecule is COc1ccc(N)cc1COCC1CCOCC1. The fourth-order valence-electron chi connectivity index (χ4n) is 2.16. The van der Waals surface area contributed by atoms with Crippen molar-refractivity contribution in [3.05, 3.63) is 23.8 Å². The Morgan fingerprint density at radius 1 is 1.33 bits per heavy atom. The molecule has 2 N–H and O–H groups in total. The van der Waals surface area contributed by atoms with Crippen molar-refractivity contribution in [2.24, 2.45) is 5.92 Å². The molecule has 0 radical (unpaired) electrons. The first-order valence-corrected chi connectivity index (χ1v) is 6.37. The Bertz CT molecular complexity index is 375. The van der Waals surface area contributed by atoms with E-state index < -0.39 is 0 Å². The molecule has 1 fully saturated rings. The van der Waals surface area contributed by atoms with Crippen LogP contribution < -0.4 is 10.5 Å². The number of methoxy groups -OCH3 is 1. The smallest absolute Gasteiger partial charge is 0.124 e. The Morgan fingerprint density at radius 3 is 2.83 bits per heavy atom. The fraction of sp³-hybridized carbons (Fsp3) is 0.571. The largest absolute Gasteiger partial charge is 0.496 e. The molecule has 0 aromatic heterocycles. The van der Waals surface area contributed by atoms with Crippen LogP contribution in [0.15, 0.2) is 18.2 Å². The summed E-state index contributed by atoms with van der Waals surface area (Å²) in [5.41, 5.74) is 7.51. The van der Waals surface area contributed by atoms with E-state index in [1.165, 1.54) is 0 Å². The van der Waals surface area contributed by atoms with Crippen LogP contribution in [0.2, 0.25) is 0 Å². The van der Waals surface area contributed by atoms with Crippen molar-refractivity contribution in [1.82, 2.24) is 0 Å². The summed E-state index contributed by atoms with van der Waals surface area (Å²) in [6.45, 7) is 3.04. The molecule has 2 rings (SSSR count). The van der Waals surface area contributed by atoms with Gasteiger partial charge in [0.2, 0.25) is 0 Å². The van der Waals surface area contributed by atoms with E-state index in [1.807, 2.05) is 18.2 Å². The molecule has 1 saturated heterocycles. The van der Waals surface area contributed by atoms with Crippen LogP contribution in [0.5, 0.6) is 5.75 Å². The Kier molecular flexibility index (Phi) is 4.84. The standard InChI is InChI=1S/C14H21NO3/c1-16-14-3-2-13(15)8-12(14)10-18-9-11-4-6-17-7-5-11/h2-3,8,11H,4-7,9-10,15H2,1H3. The zero-order chi connectivity index (χ0) is 12.8. The predicted octanol–water partition coefficient (Wildman–Crippen LogP) is 2.22. The molecule has 1 aliphatic heterocycles. The highest BCUT2D eigenvalue weighted by Gasteiger charge is 2.14. The first-order valence-electron chi connectivity index (χ1n) is 6.37. The second-order valence-electron chi connectivity index (χ2n) is 4.64. The summed E-state index contributed by atoms with van der Waals surface area (Å²) in [5, 5.41) is 0. The van der Waals surface area contributed by atoms with Crippen LogP contribution in [0.25, 0.3) is 0 Å². The highest BCUT2D eigenvalue weighted by molar-refractivity contribution is 5.47. The Morgan fingerprint density at radius 2 is 2.11 bits per heavy atom. The zero-order valence-corrected chi connectivity index (χ0v) is 10.9. The molecule has 0 aliphatic carbocycles. The molecule has 4 heteroatoms. The molecule has 0 spiro atoms. The molecule has 0 unspecified atom stereocenters. The average Bonchev–Trinajstić information content (AvgIpc) is 2.40. The zero-order valence-electron chi connectivity index (χ0n) is 10.9. The van der Waals surface area contributed by atoms with Crippen LogP contribution in [0.4, 0.5) is 5.69 Å². The minimum Gasteiger partial charge on any atom is -0.496 e. The quantitative estimate of drug-likeness (QED) is 0.815. The molecule has 0 bridgehead atoms. The first-order chi connectivity index (χ1) is 8.79. The van der Waals surface area contributed by atoms with Crippen LogP contribution in [0, 0.1) is 5.92 Å². The van der Waals surface area contributed by atoms with E-state index in [1.54, 1.807) is 7.11 Å². The Balaban J connectivity index is 1.83. The number of hydrogen-bond donors (Lipinski definition) is 1. The van der Waals surface area contributed by atoms with Gasteiger partial charge in [-0.2, -0.15) is 0 Å². The molecule has 1 heterocycles. The van der Waals surface area contributed by atoms with Crippen molar-refractivity contribution >= 4 is 5.69 Å². The highest BCUT2D eigenvalue weighted by Crippen LogP contribution is 2.23. The van der Waals surface area contributed by atoms with Crippen molar-refractivity contribution in [3.8, 4) is 5.75 Å². The Labute approximate surface area is 108 Å². The Hall–Kier alpha value is -1.26. The molecule has 100 valence electrons. The molecule has 4 nitrogen and oxygen atoms in total. The fourth-order valence-corrected chi connectivity index (χ4v) is 2.16. The van der Waals surface area contributed by atoms with E-state index in [0.29, 0.717) is 12.5 Å². The van der Waals surface area contributed by atoms with Gasteiger partial charge in [-0.1, -0.05) is 0 Å². The van der Waals surface area contributed by atoms with Gasteiger partial charge in [0, 0.05) is 24.5 Å². The van der Waals surface area contributed by atoms with Crippen molar-refractivity contribution in [2.75, 3.05) is 32.7 Å². The lowest BCUT2D eigenvalue weighted by atomic mass is 10.0. The van der Waals surface area contributed by atoms with Gasteiger partial charge in [0.05, 0.1) is 20.3 Å².